The van der Waals surface area contributed by atoms with E-state index in [0.29, 0.717) is 22.6 Å². The van der Waals surface area contributed by atoms with Crippen molar-refractivity contribution in [3.8, 4) is 11.5 Å². The van der Waals surface area contributed by atoms with Gasteiger partial charge in [0.05, 0.1) is 20.3 Å². The van der Waals surface area contributed by atoms with Gasteiger partial charge in [0, 0.05) is 0 Å². The molecule has 0 aromatic heterocycles. The van der Waals surface area contributed by atoms with Crippen molar-refractivity contribution in [1.82, 2.24) is 0 Å². The summed E-state index contributed by atoms with van der Waals surface area (Å²) in [5, 5.41) is 21.3. The summed E-state index contributed by atoms with van der Waals surface area (Å²) in [4.78, 5) is 0. The lowest BCUT2D eigenvalue weighted by molar-refractivity contribution is -0.0396. The highest BCUT2D eigenvalue weighted by Crippen LogP contribution is 2.36. The molecule has 0 saturated carbocycles. The highest BCUT2D eigenvalue weighted by molar-refractivity contribution is 5.43. The molecule has 4 nitrogen and oxygen atoms in total. The predicted molar refractivity (Wildman–Crippen MR) is 80.7 cm³/mol. The van der Waals surface area contributed by atoms with Crippen molar-refractivity contribution >= 4 is 0 Å². The summed E-state index contributed by atoms with van der Waals surface area (Å²) in [6, 6.07) is 14.1. The molecule has 4 heteroatoms. The van der Waals surface area contributed by atoms with Crippen LogP contribution in [0.25, 0.3) is 0 Å². The first kappa shape index (κ1) is 15.4. The molecular weight excluding hydrogens is 268 g/mol. The maximum absolute atomic E-state index is 11.1. The molecule has 21 heavy (non-hydrogen) atoms. The lowest BCUT2D eigenvalue weighted by Gasteiger charge is -2.32. The van der Waals surface area contributed by atoms with Crippen LogP contribution < -0.4 is 9.47 Å². The lowest BCUT2D eigenvalue weighted by Crippen LogP contribution is -2.38. The smallest absolute Gasteiger partial charge is 0.140 e. The lowest BCUT2D eigenvalue weighted by atomic mass is 9.82. The molecule has 0 aliphatic carbocycles. The molecule has 2 N–H and O–H groups in total. The second-order valence-electron chi connectivity index (χ2n) is 4.91. The quantitative estimate of drug-likeness (QED) is 0.886. The molecule has 2 rings (SSSR count). The van der Waals surface area contributed by atoms with Crippen LogP contribution >= 0.6 is 0 Å². The number of ether oxygens (including phenoxy) is 2. The molecular formula is C17H20O4. The van der Waals surface area contributed by atoms with Gasteiger partial charge in [-0.3, -0.25) is 0 Å². The van der Waals surface area contributed by atoms with Gasteiger partial charge in [0.1, 0.15) is 17.1 Å². The van der Waals surface area contributed by atoms with Gasteiger partial charge in [0.15, 0.2) is 0 Å². The van der Waals surface area contributed by atoms with Crippen LogP contribution in [-0.2, 0) is 5.60 Å². The minimum atomic E-state index is -1.54. The Morgan fingerprint density at radius 1 is 0.905 bits per heavy atom. The van der Waals surface area contributed by atoms with Gasteiger partial charge in [-0.1, -0.05) is 24.3 Å². The van der Waals surface area contributed by atoms with E-state index in [-0.39, 0.29) is 0 Å². The van der Waals surface area contributed by atoms with Gasteiger partial charge in [-0.25, -0.2) is 0 Å². The fourth-order valence-corrected chi connectivity index (χ4v) is 2.37. The van der Waals surface area contributed by atoms with Gasteiger partial charge in [-0.2, -0.15) is 0 Å². The van der Waals surface area contributed by atoms with Gasteiger partial charge < -0.3 is 19.7 Å². The molecule has 112 valence electrons. The van der Waals surface area contributed by atoms with Crippen LogP contribution in [0.3, 0.4) is 0 Å². The van der Waals surface area contributed by atoms with Crippen LogP contribution in [0.2, 0.25) is 0 Å². The first-order chi connectivity index (χ1) is 10.0. The van der Waals surface area contributed by atoms with E-state index in [2.05, 4.69) is 0 Å². The zero-order valence-electron chi connectivity index (χ0n) is 12.4. The molecule has 0 saturated heterocycles. The van der Waals surface area contributed by atoms with E-state index in [9.17, 15) is 10.2 Å². The first-order valence-corrected chi connectivity index (χ1v) is 6.72. The van der Waals surface area contributed by atoms with Crippen molar-refractivity contribution in [2.75, 3.05) is 14.2 Å². The summed E-state index contributed by atoms with van der Waals surface area (Å²) >= 11 is 0. The van der Waals surface area contributed by atoms with E-state index in [1.807, 2.05) is 0 Å². The largest absolute Gasteiger partial charge is 0.497 e. The number of benzene rings is 2. The summed E-state index contributed by atoms with van der Waals surface area (Å²) in [6.45, 7) is 1.55. The van der Waals surface area contributed by atoms with Crippen molar-refractivity contribution in [3.05, 3.63) is 59.7 Å². The molecule has 0 aliphatic rings. The zero-order valence-corrected chi connectivity index (χ0v) is 12.4. The van der Waals surface area contributed by atoms with E-state index in [0.717, 1.165) is 0 Å². The Kier molecular flexibility index (Phi) is 4.50. The second kappa shape index (κ2) is 6.16. The molecule has 2 aromatic rings. The Balaban J connectivity index is 2.58. The Morgan fingerprint density at radius 2 is 1.33 bits per heavy atom. The first-order valence-electron chi connectivity index (χ1n) is 6.72. The molecule has 0 aliphatic heterocycles. The maximum atomic E-state index is 11.1. The maximum Gasteiger partial charge on any atom is 0.140 e. The minimum Gasteiger partial charge on any atom is -0.497 e. The normalized spacial score (nSPS) is 12.8. The predicted octanol–water partition coefficient (Wildman–Crippen LogP) is 2.32. The van der Waals surface area contributed by atoms with Gasteiger partial charge in [-0.15, -0.1) is 0 Å². The van der Waals surface area contributed by atoms with E-state index in [1.165, 1.54) is 0 Å². The van der Waals surface area contributed by atoms with Crippen molar-refractivity contribution in [2.45, 2.75) is 18.6 Å². The standard InChI is InChI=1S/C17H20O4/c1-12(18)17(19,13-6-4-8-15(10-13)20-2)14-7-5-9-16(11-14)21-3/h4-12,18-19H,1-3H3/t12-/m0/s1. The minimum absolute atomic E-state index is 0.560. The average Bonchev–Trinajstić information content (AvgIpc) is 2.53. The number of aliphatic hydroxyl groups excluding tert-OH is 1. The molecule has 0 unspecified atom stereocenters. The molecule has 2 aromatic carbocycles. The Labute approximate surface area is 124 Å². The van der Waals surface area contributed by atoms with Gasteiger partial charge in [-0.05, 0) is 42.3 Å². The van der Waals surface area contributed by atoms with Gasteiger partial charge in [0.2, 0.25) is 0 Å². The van der Waals surface area contributed by atoms with Crippen molar-refractivity contribution in [3.63, 3.8) is 0 Å². The summed E-state index contributed by atoms with van der Waals surface area (Å²) in [5.74, 6) is 1.24. The van der Waals surface area contributed by atoms with Crippen molar-refractivity contribution in [1.29, 1.82) is 0 Å². The second-order valence-corrected chi connectivity index (χ2v) is 4.91. The number of methoxy groups -OCH3 is 2. The molecule has 0 bridgehead atoms. The van der Waals surface area contributed by atoms with E-state index in [1.54, 1.807) is 69.7 Å². The molecule has 0 radical (unpaired) electrons. The van der Waals surface area contributed by atoms with Crippen LogP contribution in [0, 0.1) is 0 Å². The topological polar surface area (TPSA) is 58.9 Å². The van der Waals surface area contributed by atoms with E-state index in [4.69, 9.17) is 9.47 Å². The van der Waals surface area contributed by atoms with Crippen LogP contribution in [0.15, 0.2) is 48.5 Å². The van der Waals surface area contributed by atoms with Crippen LogP contribution in [-0.4, -0.2) is 30.5 Å². The number of hydrogen-bond acceptors (Lipinski definition) is 4. The molecule has 0 heterocycles. The summed E-state index contributed by atoms with van der Waals surface area (Å²) in [7, 11) is 3.12. The van der Waals surface area contributed by atoms with E-state index < -0.39 is 11.7 Å². The average molecular weight is 288 g/mol. The SMILES string of the molecule is COc1cccc(C(O)(c2cccc(OC)c2)[C@H](C)O)c1. The Morgan fingerprint density at radius 3 is 1.67 bits per heavy atom. The third-order valence-electron chi connectivity index (χ3n) is 3.62. The number of aliphatic hydroxyl groups is 2. The molecule has 1 atom stereocenters. The highest BCUT2D eigenvalue weighted by Gasteiger charge is 2.37. The third kappa shape index (κ3) is 2.86. The fourth-order valence-electron chi connectivity index (χ4n) is 2.37. The molecule has 0 spiro atoms. The summed E-state index contributed by atoms with van der Waals surface area (Å²) < 4.78 is 10.4. The summed E-state index contributed by atoms with van der Waals surface area (Å²) in [6.07, 6.45) is -1.00. The van der Waals surface area contributed by atoms with Crippen LogP contribution in [0.5, 0.6) is 11.5 Å². The van der Waals surface area contributed by atoms with Crippen LogP contribution in [0.4, 0.5) is 0 Å². The third-order valence-corrected chi connectivity index (χ3v) is 3.62. The fraction of sp³-hybridized carbons (Fsp3) is 0.294. The summed E-state index contributed by atoms with van der Waals surface area (Å²) in [5.41, 5.74) is -0.418. The Hall–Kier alpha value is -2.04. The van der Waals surface area contributed by atoms with Crippen molar-refractivity contribution in [2.24, 2.45) is 0 Å². The Bertz CT molecular complexity index is 560. The van der Waals surface area contributed by atoms with Gasteiger partial charge >= 0.3 is 0 Å². The van der Waals surface area contributed by atoms with Gasteiger partial charge in [0.25, 0.3) is 0 Å². The van der Waals surface area contributed by atoms with E-state index >= 15 is 0 Å². The zero-order chi connectivity index (χ0) is 15.5. The monoisotopic (exact) mass is 288 g/mol. The molecule has 0 amide bonds. The highest BCUT2D eigenvalue weighted by atomic mass is 16.5. The van der Waals surface area contributed by atoms with Crippen molar-refractivity contribution < 1.29 is 19.7 Å². The number of rotatable bonds is 5. The van der Waals surface area contributed by atoms with Crippen LogP contribution in [0.1, 0.15) is 18.1 Å². The molecule has 0 fully saturated rings. The number of hydrogen-bond donors (Lipinski definition) is 2.